The van der Waals surface area contributed by atoms with Crippen LogP contribution in [0.3, 0.4) is 0 Å². The Morgan fingerprint density at radius 3 is 2.53 bits per heavy atom. The van der Waals surface area contributed by atoms with Gasteiger partial charge in [0.1, 0.15) is 22.9 Å². The van der Waals surface area contributed by atoms with Crippen molar-refractivity contribution in [1.82, 2.24) is 19.6 Å². The van der Waals surface area contributed by atoms with Crippen molar-refractivity contribution >= 4 is 17.6 Å². The molecule has 192 valence electrons. The lowest BCUT2D eigenvalue weighted by molar-refractivity contribution is 0.0165. The molecule has 0 aliphatic carbocycles. The first kappa shape index (κ1) is 25.6. The number of aryl methyl sites for hydroxylation is 1. The largest absolute Gasteiger partial charge is 0.444 e. The van der Waals surface area contributed by atoms with Gasteiger partial charge in [0.05, 0.1) is 17.0 Å². The zero-order valence-electron chi connectivity index (χ0n) is 21.3. The fourth-order valence-electron chi connectivity index (χ4n) is 4.66. The van der Waals surface area contributed by atoms with E-state index in [1.165, 1.54) is 7.05 Å². The van der Waals surface area contributed by atoms with Gasteiger partial charge in [0.15, 0.2) is 0 Å². The lowest BCUT2D eigenvalue weighted by Crippen LogP contribution is -2.43. The molecule has 1 aromatic carbocycles. The Balaban J connectivity index is 1.72. The van der Waals surface area contributed by atoms with E-state index in [1.807, 2.05) is 50.4 Å². The second-order valence-electron chi connectivity index (χ2n) is 10.4. The van der Waals surface area contributed by atoms with Gasteiger partial charge in [0, 0.05) is 31.9 Å². The monoisotopic (exact) mass is 498 g/mol. The van der Waals surface area contributed by atoms with Gasteiger partial charge in [-0.25, -0.2) is 18.6 Å². The topological polar surface area (TPSA) is 75.9 Å². The average Bonchev–Trinajstić information content (AvgIpc) is 3.13. The van der Waals surface area contributed by atoms with Gasteiger partial charge in [-0.3, -0.25) is 4.79 Å². The zero-order valence-corrected chi connectivity index (χ0v) is 21.3. The van der Waals surface area contributed by atoms with E-state index in [-0.39, 0.29) is 28.8 Å². The maximum Gasteiger partial charge on any atom is 0.410 e. The van der Waals surface area contributed by atoms with Gasteiger partial charge in [-0.2, -0.15) is 0 Å². The molecule has 1 fully saturated rings. The van der Waals surface area contributed by atoms with Crippen molar-refractivity contribution in [1.29, 1.82) is 0 Å². The Bertz CT molecular complexity index is 1290. The van der Waals surface area contributed by atoms with Crippen molar-refractivity contribution in [2.45, 2.75) is 52.6 Å². The molecule has 2 amide bonds. The summed E-state index contributed by atoms with van der Waals surface area (Å²) in [4.78, 5) is 30.9. The number of likely N-dealkylation sites (tertiary alicyclic amines) is 1. The van der Waals surface area contributed by atoms with Crippen LogP contribution in [0.1, 0.15) is 55.2 Å². The van der Waals surface area contributed by atoms with Crippen molar-refractivity contribution in [3.63, 3.8) is 0 Å². The molecule has 0 bridgehead atoms. The van der Waals surface area contributed by atoms with Crippen LogP contribution in [-0.4, -0.2) is 52.0 Å². The van der Waals surface area contributed by atoms with E-state index in [0.29, 0.717) is 30.9 Å². The number of amides is 2. The minimum Gasteiger partial charge on any atom is -0.444 e. The summed E-state index contributed by atoms with van der Waals surface area (Å²) >= 11 is 0. The van der Waals surface area contributed by atoms with E-state index in [0.717, 1.165) is 30.5 Å². The van der Waals surface area contributed by atoms with Crippen LogP contribution in [0.15, 0.2) is 30.5 Å². The Kier molecular flexibility index (Phi) is 7.02. The standard InChI is InChI=1S/C27H32F2N4O3/c1-16-8-10-33-21(12-17-7-6-9-32(15-17)26(35)36-27(2,3)4)24(31-22(33)11-16)23-19(28)13-18(14-20(23)29)25(34)30-5/h8,10-11,13-14,17H,6-7,9,12,15H2,1-5H3,(H,30,34)/t17-/m0/s1. The number of rotatable bonds is 4. The zero-order chi connectivity index (χ0) is 26.2. The van der Waals surface area contributed by atoms with Crippen molar-refractivity contribution < 1.29 is 23.1 Å². The first-order valence-electron chi connectivity index (χ1n) is 12.1. The Labute approximate surface area is 209 Å². The molecule has 0 unspecified atom stereocenters. The minimum atomic E-state index is -0.853. The van der Waals surface area contributed by atoms with E-state index >= 15 is 8.78 Å². The maximum atomic E-state index is 15.2. The summed E-state index contributed by atoms with van der Waals surface area (Å²) in [6, 6.07) is 5.83. The van der Waals surface area contributed by atoms with E-state index in [9.17, 15) is 9.59 Å². The third-order valence-corrected chi connectivity index (χ3v) is 6.30. The number of halogens is 2. The first-order valence-corrected chi connectivity index (χ1v) is 12.1. The molecule has 36 heavy (non-hydrogen) atoms. The highest BCUT2D eigenvalue weighted by Gasteiger charge is 2.30. The van der Waals surface area contributed by atoms with Gasteiger partial charge >= 0.3 is 6.09 Å². The van der Waals surface area contributed by atoms with Crippen molar-refractivity contribution in [3.8, 4) is 11.3 Å². The quantitative estimate of drug-likeness (QED) is 0.541. The highest BCUT2D eigenvalue weighted by molar-refractivity contribution is 5.94. The number of nitrogens with zero attached hydrogens (tertiary/aromatic N) is 3. The summed E-state index contributed by atoms with van der Waals surface area (Å²) < 4.78 is 37.9. The number of hydrogen-bond donors (Lipinski definition) is 1. The summed E-state index contributed by atoms with van der Waals surface area (Å²) in [7, 11) is 1.40. The molecule has 7 nitrogen and oxygen atoms in total. The molecule has 1 aliphatic heterocycles. The molecule has 0 spiro atoms. The highest BCUT2D eigenvalue weighted by Crippen LogP contribution is 2.33. The molecule has 1 saturated heterocycles. The second kappa shape index (κ2) is 9.87. The summed E-state index contributed by atoms with van der Waals surface area (Å²) in [5.41, 5.74) is 1.45. The van der Waals surface area contributed by atoms with Crippen LogP contribution in [0.5, 0.6) is 0 Å². The molecule has 9 heteroatoms. The molecule has 1 atom stereocenters. The van der Waals surface area contributed by atoms with E-state index < -0.39 is 23.1 Å². The highest BCUT2D eigenvalue weighted by atomic mass is 19.1. The summed E-state index contributed by atoms with van der Waals surface area (Å²) in [5.74, 6) is -2.22. The van der Waals surface area contributed by atoms with E-state index in [2.05, 4.69) is 10.3 Å². The lowest BCUT2D eigenvalue weighted by Gasteiger charge is -2.34. The molecule has 0 saturated carbocycles. The first-order chi connectivity index (χ1) is 17.0. The van der Waals surface area contributed by atoms with Crippen LogP contribution in [-0.2, 0) is 11.2 Å². The van der Waals surface area contributed by atoms with Crippen molar-refractivity contribution in [2.75, 3.05) is 20.1 Å². The van der Waals surface area contributed by atoms with Gasteiger partial charge < -0.3 is 19.4 Å². The van der Waals surface area contributed by atoms with Gasteiger partial charge in [-0.05, 0) is 82.7 Å². The number of carbonyl (C=O) groups excluding carboxylic acids is 2. The number of aromatic nitrogens is 2. The predicted octanol–water partition coefficient (Wildman–Crippen LogP) is 5.14. The summed E-state index contributed by atoms with van der Waals surface area (Å²) in [6.45, 7) is 8.50. The molecule has 0 radical (unpaired) electrons. The minimum absolute atomic E-state index is 0.0579. The third-order valence-electron chi connectivity index (χ3n) is 6.30. The number of benzene rings is 1. The number of piperidine rings is 1. The summed E-state index contributed by atoms with van der Waals surface area (Å²) in [5, 5.41) is 2.38. The van der Waals surface area contributed by atoms with Crippen molar-refractivity contribution in [3.05, 3.63) is 58.9 Å². The fourth-order valence-corrected chi connectivity index (χ4v) is 4.66. The van der Waals surface area contributed by atoms with Crippen LogP contribution < -0.4 is 5.32 Å². The number of hydrogen-bond acceptors (Lipinski definition) is 4. The number of carbonyl (C=O) groups is 2. The SMILES string of the molecule is CNC(=O)c1cc(F)c(-c2nc3cc(C)ccn3c2C[C@@H]2CCCN(C(=O)OC(C)(C)C)C2)c(F)c1. The van der Waals surface area contributed by atoms with Crippen LogP contribution in [0.2, 0.25) is 0 Å². The van der Waals surface area contributed by atoms with Gasteiger partial charge in [0.25, 0.3) is 5.91 Å². The number of ether oxygens (including phenoxy) is 1. The third kappa shape index (κ3) is 5.34. The van der Waals surface area contributed by atoms with Gasteiger partial charge in [-0.1, -0.05) is 0 Å². The van der Waals surface area contributed by atoms with Crippen LogP contribution in [0, 0.1) is 24.5 Å². The average molecular weight is 499 g/mol. The Morgan fingerprint density at radius 2 is 1.89 bits per heavy atom. The van der Waals surface area contributed by atoms with Gasteiger partial charge in [0.2, 0.25) is 0 Å². The molecule has 1 N–H and O–H groups in total. The molecule has 3 heterocycles. The lowest BCUT2D eigenvalue weighted by atomic mass is 9.91. The van der Waals surface area contributed by atoms with Crippen LogP contribution in [0.4, 0.5) is 13.6 Å². The normalized spacial score (nSPS) is 16.3. The molecular formula is C27H32F2N4O3. The van der Waals surface area contributed by atoms with E-state index in [4.69, 9.17) is 4.74 Å². The molecule has 3 aromatic rings. The van der Waals surface area contributed by atoms with Crippen LogP contribution in [0.25, 0.3) is 16.9 Å². The van der Waals surface area contributed by atoms with Gasteiger partial charge in [-0.15, -0.1) is 0 Å². The second-order valence-corrected chi connectivity index (χ2v) is 10.4. The number of imidazole rings is 1. The van der Waals surface area contributed by atoms with Crippen molar-refractivity contribution in [2.24, 2.45) is 5.92 Å². The Hall–Kier alpha value is -3.49. The molecule has 4 rings (SSSR count). The van der Waals surface area contributed by atoms with Crippen LogP contribution >= 0.6 is 0 Å². The number of fused-ring (bicyclic) bond motifs is 1. The molecule has 2 aromatic heterocycles. The maximum absolute atomic E-state index is 15.2. The fraction of sp³-hybridized carbons (Fsp3) is 0.444. The predicted molar refractivity (Wildman–Crippen MR) is 133 cm³/mol. The smallest absolute Gasteiger partial charge is 0.410 e. The number of pyridine rings is 1. The molecule has 1 aliphatic rings. The Morgan fingerprint density at radius 1 is 1.19 bits per heavy atom. The number of nitrogens with one attached hydrogen (secondary N) is 1. The molecular weight excluding hydrogens is 466 g/mol. The summed E-state index contributed by atoms with van der Waals surface area (Å²) in [6.07, 6.45) is 3.62. The van der Waals surface area contributed by atoms with E-state index in [1.54, 1.807) is 4.90 Å².